The van der Waals surface area contributed by atoms with Crippen molar-refractivity contribution in [3.05, 3.63) is 83.0 Å². The zero-order chi connectivity index (χ0) is 23.5. The van der Waals surface area contributed by atoms with Gasteiger partial charge in [-0.1, -0.05) is 36.4 Å². The summed E-state index contributed by atoms with van der Waals surface area (Å²) in [7, 11) is 3.47. The summed E-state index contributed by atoms with van der Waals surface area (Å²) in [6.45, 7) is 2.05. The number of aromatic hydroxyl groups is 1. The van der Waals surface area contributed by atoms with Gasteiger partial charge in [-0.3, -0.25) is 0 Å². The highest BCUT2D eigenvalue weighted by Crippen LogP contribution is 2.46. The lowest BCUT2D eigenvalue weighted by atomic mass is 9.68. The molecule has 2 aromatic carbocycles. The minimum Gasteiger partial charge on any atom is -0.508 e. The maximum atomic E-state index is 10.1. The molecular weight excluding hydrogens is 422 g/mol. The Labute approximate surface area is 203 Å². The Kier molecular flexibility index (Phi) is 7.07. The Morgan fingerprint density at radius 2 is 1.71 bits per heavy atom. The normalized spacial score (nSPS) is 23.1. The summed E-state index contributed by atoms with van der Waals surface area (Å²) in [4.78, 5) is 2.49. The van der Waals surface area contributed by atoms with Gasteiger partial charge in [-0.15, -0.1) is 0 Å². The van der Waals surface area contributed by atoms with Crippen LogP contribution in [0.15, 0.2) is 66.3 Å². The number of piperidine rings is 1. The van der Waals surface area contributed by atoms with Crippen molar-refractivity contribution in [2.45, 2.75) is 50.7 Å². The van der Waals surface area contributed by atoms with E-state index in [9.17, 15) is 5.11 Å². The largest absolute Gasteiger partial charge is 0.508 e. The second-order valence-corrected chi connectivity index (χ2v) is 9.95. The third-order valence-electron chi connectivity index (χ3n) is 8.05. The van der Waals surface area contributed by atoms with E-state index in [1.807, 2.05) is 12.1 Å². The molecule has 1 N–H and O–H groups in total. The summed E-state index contributed by atoms with van der Waals surface area (Å²) in [5.74, 6) is 1.63. The number of nitrogens with zero attached hydrogens (tertiary/aromatic N) is 1. The summed E-state index contributed by atoms with van der Waals surface area (Å²) in [6.07, 6.45) is 13.6. The number of hydrogen-bond donors (Lipinski definition) is 1. The molecule has 2 unspecified atom stereocenters. The molecule has 2 atom stereocenters. The molecule has 5 rings (SSSR count). The molecule has 0 spiro atoms. The van der Waals surface area contributed by atoms with Gasteiger partial charge in [-0.25, -0.2) is 0 Å². The molecule has 4 nitrogen and oxygen atoms in total. The Hall–Kier alpha value is -2.56. The van der Waals surface area contributed by atoms with E-state index >= 15 is 0 Å². The number of benzene rings is 2. The van der Waals surface area contributed by atoms with Gasteiger partial charge < -0.3 is 19.5 Å². The number of phenolic OH excluding ortho intramolecular Hbond substituents is 1. The van der Waals surface area contributed by atoms with Crippen LogP contribution in [-0.2, 0) is 15.9 Å². The monoisotopic (exact) mass is 459 g/mol. The average Bonchev–Trinajstić information content (AvgIpc) is 2.90. The van der Waals surface area contributed by atoms with E-state index in [1.165, 1.54) is 28.0 Å². The molecule has 34 heavy (non-hydrogen) atoms. The van der Waals surface area contributed by atoms with Crippen LogP contribution in [0.25, 0.3) is 0 Å². The lowest BCUT2D eigenvalue weighted by Crippen LogP contribution is -2.39. The molecule has 4 heteroatoms. The van der Waals surface area contributed by atoms with Crippen molar-refractivity contribution >= 4 is 5.69 Å². The topological polar surface area (TPSA) is 41.9 Å². The molecule has 1 heterocycles. The predicted molar refractivity (Wildman–Crippen MR) is 137 cm³/mol. The first-order valence-corrected chi connectivity index (χ1v) is 12.8. The van der Waals surface area contributed by atoms with Gasteiger partial charge in [0.05, 0.1) is 0 Å². The van der Waals surface area contributed by atoms with Gasteiger partial charge in [-0.2, -0.15) is 0 Å². The highest BCUT2D eigenvalue weighted by Gasteiger charge is 2.33. The fraction of sp³-hybridized carbons (Fsp3) is 0.467. The zero-order valence-electron chi connectivity index (χ0n) is 20.5. The molecular formula is C30H37NO3. The number of ether oxygens (including phenoxy) is 2. The number of phenols is 1. The van der Waals surface area contributed by atoms with Gasteiger partial charge in [0.1, 0.15) is 5.75 Å². The average molecular weight is 460 g/mol. The molecule has 0 saturated carbocycles. The van der Waals surface area contributed by atoms with E-state index in [0.29, 0.717) is 23.5 Å². The SMILES string of the molecule is COC(OC)C1CCN(c2ccc(C3c4ccc(O)cc4CCC3C3=CCCC=C3)cc2)CC1. The summed E-state index contributed by atoms with van der Waals surface area (Å²) < 4.78 is 11.0. The minimum atomic E-state index is -0.101. The van der Waals surface area contributed by atoms with E-state index in [-0.39, 0.29) is 6.29 Å². The smallest absolute Gasteiger partial charge is 0.159 e. The maximum absolute atomic E-state index is 10.1. The standard InChI is InChI=1S/C30H37NO3/c1-33-30(34-2)23-16-18-31(19-17-23)25-11-8-22(9-12-25)29-27(21-6-4-3-5-7-21)14-10-24-20-26(32)13-15-28(24)29/h4,6-9,11-13,15,20,23,27,29-30,32H,3,5,10,14,16-19H2,1-2H3. The van der Waals surface area contributed by atoms with Crippen LogP contribution < -0.4 is 4.90 Å². The van der Waals surface area contributed by atoms with Crippen LogP contribution in [0.5, 0.6) is 5.75 Å². The Morgan fingerprint density at radius 3 is 2.38 bits per heavy atom. The molecule has 0 bridgehead atoms. The second-order valence-electron chi connectivity index (χ2n) is 9.95. The van der Waals surface area contributed by atoms with E-state index in [1.54, 1.807) is 14.2 Å². The Morgan fingerprint density at radius 1 is 0.941 bits per heavy atom. The molecule has 0 radical (unpaired) electrons. The number of aryl methyl sites for hydroxylation is 1. The Balaban J connectivity index is 1.38. The first-order chi connectivity index (χ1) is 16.7. The first-order valence-electron chi connectivity index (χ1n) is 12.8. The fourth-order valence-electron chi connectivity index (χ4n) is 6.29. The third kappa shape index (κ3) is 4.67. The van der Waals surface area contributed by atoms with Crippen LogP contribution in [0, 0.1) is 11.8 Å². The number of anilines is 1. The van der Waals surface area contributed by atoms with Crippen LogP contribution in [-0.4, -0.2) is 38.7 Å². The summed E-state index contributed by atoms with van der Waals surface area (Å²) in [6, 6.07) is 15.2. The van der Waals surface area contributed by atoms with Crippen molar-refractivity contribution in [2.24, 2.45) is 11.8 Å². The predicted octanol–water partition coefficient (Wildman–Crippen LogP) is 6.20. The van der Waals surface area contributed by atoms with E-state index in [4.69, 9.17) is 9.47 Å². The summed E-state index contributed by atoms with van der Waals surface area (Å²) in [5, 5.41) is 10.1. The lowest BCUT2D eigenvalue weighted by Gasteiger charge is -2.37. The molecule has 0 aromatic heterocycles. The molecule has 2 aliphatic carbocycles. The van der Waals surface area contributed by atoms with E-state index in [0.717, 1.165) is 51.6 Å². The number of rotatable bonds is 6. The van der Waals surface area contributed by atoms with Gasteiger partial charge in [0.15, 0.2) is 6.29 Å². The van der Waals surface area contributed by atoms with Crippen molar-refractivity contribution in [3.63, 3.8) is 0 Å². The van der Waals surface area contributed by atoms with Crippen LogP contribution in [0.4, 0.5) is 5.69 Å². The summed E-state index contributed by atoms with van der Waals surface area (Å²) in [5.41, 5.74) is 6.80. The molecule has 2 aromatic rings. The van der Waals surface area contributed by atoms with Crippen LogP contribution in [0.3, 0.4) is 0 Å². The number of fused-ring (bicyclic) bond motifs is 1. The van der Waals surface area contributed by atoms with Gasteiger partial charge in [0.2, 0.25) is 0 Å². The van der Waals surface area contributed by atoms with Crippen molar-refractivity contribution in [2.75, 3.05) is 32.2 Å². The molecule has 0 amide bonds. The molecule has 1 fully saturated rings. The maximum Gasteiger partial charge on any atom is 0.159 e. The quantitative estimate of drug-likeness (QED) is 0.523. The molecule has 1 saturated heterocycles. The molecule has 3 aliphatic rings. The minimum absolute atomic E-state index is 0.101. The zero-order valence-corrected chi connectivity index (χ0v) is 20.5. The highest BCUT2D eigenvalue weighted by atomic mass is 16.7. The van der Waals surface area contributed by atoms with Gasteiger partial charge in [-0.05, 0) is 91.0 Å². The van der Waals surface area contributed by atoms with E-state index < -0.39 is 0 Å². The number of hydrogen-bond acceptors (Lipinski definition) is 4. The fourth-order valence-corrected chi connectivity index (χ4v) is 6.29. The van der Waals surface area contributed by atoms with Crippen LogP contribution in [0.1, 0.15) is 54.7 Å². The number of allylic oxidation sites excluding steroid dienone is 4. The van der Waals surface area contributed by atoms with Gasteiger partial charge in [0, 0.05) is 44.8 Å². The van der Waals surface area contributed by atoms with Gasteiger partial charge in [0.25, 0.3) is 0 Å². The van der Waals surface area contributed by atoms with Crippen molar-refractivity contribution < 1.29 is 14.6 Å². The van der Waals surface area contributed by atoms with Crippen molar-refractivity contribution in [3.8, 4) is 5.75 Å². The molecule has 1 aliphatic heterocycles. The highest BCUT2D eigenvalue weighted by molar-refractivity contribution is 5.52. The van der Waals surface area contributed by atoms with Crippen LogP contribution >= 0.6 is 0 Å². The first kappa shape index (κ1) is 23.2. The lowest BCUT2D eigenvalue weighted by molar-refractivity contribution is -0.141. The van der Waals surface area contributed by atoms with Gasteiger partial charge >= 0.3 is 0 Å². The summed E-state index contributed by atoms with van der Waals surface area (Å²) >= 11 is 0. The third-order valence-corrected chi connectivity index (χ3v) is 8.05. The number of methoxy groups -OCH3 is 2. The molecule has 180 valence electrons. The Bertz CT molecular complexity index is 1030. The van der Waals surface area contributed by atoms with Crippen molar-refractivity contribution in [1.29, 1.82) is 0 Å². The van der Waals surface area contributed by atoms with E-state index in [2.05, 4.69) is 53.5 Å². The van der Waals surface area contributed by atoms with Crippen molar-refractivity contribution in [1.82, 2.24) is 0 Å². The van der Waals surface area contributed by atoms with Crippen LogP contribution in [0.2, 0.25) is 0 Å². The second kappa shape index (κ2) is 10.4.